The van der Waals surface area contributed by atoms with E-state index < -0.39 is 0 Å². The van der Waals surface area contributed by atoms with E-state index in [2.05, 4.69) is 4.99 Å². The first kappa shape index (κ1) is 9.50. The Hall–Kier alpha value is -1.59. The van der Waals surface area contributed by atoms with Crippen LogP contribution in [0.5, 0.6) is 0 Å². The fraction of sp³-hybridized carbons (Fsp3) is 0.125. The van der Waals surface area contributed by atoms with E-state index in [1.54, 1.807) is 0 Å². The lowest BCUT2D eigenvalue weighted by molar-refractivity contribution is -0.245. The molecule has 0 atom stereocenters. The zero-order valence-electron chi connectivity index (χ0n) is 6.96. The van der Waals surface area contributed by atoms with Gasteiger partial charge in [-0.3, -0.25) is 10.4 Å². The highest BCUT2D eigenvalue weighted by Crippen LogP contribution is 1.99. The second kappa shape index (κ2) is 4.44. The van der Waals surface area contributed by atoms with Gasteiger partial charge in [0, 0.05) is 0 Å². The molecule has 5 heteroatoms. The standard InChI is InChI=1S/C8H11N3O2/c9-8(11(12)13)10-6-7-4-2-1-3-5-7/h1-5,12-13H,6H2,(H2,9,10). The number of hydrogen-bond donors (Lipinski definition) is 3. The highest BCUT2D eigenvalue weighted by molar-refractivity contribution is 5.75. The van der Waals surface area contributed by atoms with Gasteiger partial charge in [0.15, 0.2) is 0 Å². The van der Waals surface area contributed by atoms with Crippen LogP contribution in [0.1, 0.15) is 5.56 Å². The lowest BCUT2D eigenvalue weighted by Crippen LogP contribution is -2.31. The molecule has 0 saturated carbocycles. The van der Waals surface area contributed by atoms with Gasteiger partial charge in [0.25, 0.3) is 0 Å². The number of benzene rings is 1. The third-order valence-electron chi connectivity index (χ3n) is 1.47. The van der Waals surface area contributed by atoms with Gasteiger partial charge in [-0.2, -0.15) is 0 Å². The van der Waals surface area contributed by atoms with Gasteiger partial charge < -0.3 is 5.73 Å². The van der Waals surface area contributed by atoms with Crippen LogP contribution in [-0.4, -0.2) is 21.6 Å². The second-order valence-corrected chi connectivity index (χ2v) is 2.45. The smallest absolute Gasteiger partial charge is 0.244 e. The van der Waals surface area contributed by atoms with Crippen molar-refractivity contribution in [1.82, 2.24) is 5.23 Å². The minimum absolute atomic E-state index is 0.205. The van der Waals surface area contributed by atoms with E-state index in [4.69, 9.17) is 16.1 Å². The van der Waals surface area contributed by atoms with Crippen molar-refractivity contribution in [3.8, 4) is 0 Å². The molecular weight excluding hydrogens is 170 g/mol. The molecule has 1 aromatic rings. The molecule has 0 aromatic heterocycles. The molecule has 1 aromatic carbocycles. The molecule has 70 valence electrons. The summed E-state index contributed by atoms with van der Waals surface area (Å²) in [7, 11) is 0. The monoisotopic (exact) mass is 181 g/mol. The molecule has 0 saturated heterocycles. The predicted octanol–water partition coefficient (Wildman–Crippen LogP) is 0.582. The SMILES string of the molecule is NC(=NCc1ccccc1)N(O)O. The Morgan fingerprint density at radius 2 is 1.92 bits per heavy atom. The third-order valence-corrected chi connectivity index (χ3v) is 1.47. The van der Waals surface area contributed by atoms with Crippen LogP contribution < -0.4 is 5.73 Å². The maximum Gasteiger partial charge on any atom is 0.244 e. The quantitative estimate of drug-likeness (QED) is 0.354. The first-order chi connectivity index (χ1) is 6.20. The summed E-state index contributed by atoms with van der Waals surface area (Å²) in [5.74, 6) is -0.330. The van der Waals surface area contributed by atoms with Crippen molar-refractivity contribution < 1.29 is 10.4 Å². The number of nitrogens with two attached hydrogens (primary N) is 1. The van der Waals surface area contributed by atoms with Crippen molar-refractivity contribution in [3.63, 3.8) is 0 Å². The summed E-state index contributed by atoms with van der Waals surface area (Å²) in [4.78, 5) is 3.71. The van der Waals surface area contributed by atoms with Crippen molar-refractivity contribution in [2.24, 2.45) is 10.7 Å². The molecule has 0 bridgehead atoms. The second-order valence-electron chi connectivity index (χ2n) is 2.45. The van der Waals surface area contributed by atoms with E-state index in [9.17, 15) is 0 Å². The Bertz CT molecular complexity index is 285. The van der Waals surface area contributed by atoms with Gasteiger partial charge in [0.1, 0.15) is 0 Å². The van der Waals surface area contributed by atoms with Crippen molar-refractivity contribution in [2.75, 3.05) is 0 Å². The Morgan fingerprint density at radius 1 is 1.31 bits per heavy atom. The van der Waals surface area contributed by atoms with Crippen molar-refractivity contribution in [2.45, 2.75) is 6.54 Å². The fourth-order valence-electron chi connectivity index (χ4n) is 0.819. The van der Waals surface area contributed by atoms with Crippen LogP contribution in [0.4, 0.5) is 0 Å². The first-order valence-corrected chi connectivity index (χ1v) is 3.72. The summed E-state index contributed by atoms with van der Waals surface area (Å²) in [6.07, 6.45) is 0. The molecule has 1 rings (SSSR count). The van der Waals surface area contributed by atoms with Crippen LogP contribution in [0.2, 0.25) is 0 Å². The largest absolute Gasteiger partial charge is 0.366 e. The molecule has 0 aliphatic heterocycles. The molecular formula is C8H11N3O2. The molecule has 0 aliphatic carbocycles. The number of hydroxylamine groups is 2. The molecule has 0 spiro atoms. The van der Waals surface area contributed by atoms with Gasteiger partial charge in [-0.05, 0) is 5.56 Å². The molecule has 5 nitrogen and oxygen atoms in total. The van der Waals surface area contributed by atoms with E-state index in [-0.39, 0.29) is 11.2 Å². The zero-order valence-corrected chi connectivity index (χ0v) is 6.96. The van der Waals surface area contributed by atoms with Crippen molar-refractivity contribution in [1.29, 1.82) is 0 Å². The topological polar surface area (TPSA) is 82.1 Å². The molecule has 0 aliphatic rings. The average molecular weight is 181 g/mol. The van der Waals surface area contributed by atoms with Crippen LogP contribution in [0.15, 0.2) is 35.3 Å². The average Bonchev–Trinajstić information content (AvgIpc) is 2.15. The van der Waals surface area contributed by atoms with Crippen molar-refractivity contribution in [3.05, 3.63) is 35.9 Å². The Labute approximate surface area is 75.7 Å². The van der Waals surface area contributed by atoms with E-state index in [0.29, 0.717) is 6.54 Å². The summed E-state index contributed by atoms with van der Waals surface area (Å²) >= 11 is 0. The van der Waals surface area contributed by atoms with Crippen LogP contribution >= 0.6 is 0 Å². The number of nitrogens with zero attached hydrogens (tertiary/aromatic N) is 2. The Kier molecular flexibility index (Phi) is 3.24. The number of rotatable bonds is 2. The minimum Gasteiger partial charge on any atom is -0.366 e. The molecule has 0 radical (unpaired) electrons. The summed E-state index contributed by atoms with van der Waals surface area (Å²) in [6.45, 7) is 0.324. The summed E-state index contributed by atoms with van der Waals surface area (Å²) in [5, 5.41) is 16.7. The fourth-order valence-corrected chi connectivity index (χ4v) is 0.819. The Morgan fingerprint density at radius 3 is 2.46 bits per heavy atom. The molecule has 0 fully saturated rings. The van der Waals surface area contributed by atoms with Crippen LogP contribution in [0.3, 0.4) is 0 Å². The molecule has 0 amide bonds. The van der Waals surface area contributed by atoms with Gasteiger partial charge in [-0.1, -0.05) is 35.6 Å². The highest BCUT2D eigenvalue weighted by atomic mass is 16.8. The summed E-state index contributed by atoms with van der Waals surface area (Å²) in [5.41, 5.74) is 6.09. The van der Waals surface area contributed by atoms with E-state index in [1.807, 2.05) is 30.3 Å². The lowest BCUT2D eigenvalue weighted by atomic mass is 10.2. The van der Waals surface area contributed by atoms with Crippen LogP contribution in [0.25, 0.3) is 0 Å². The van der Waals surface area contributed by atoms with Gasteiger partial charge >= 0.3 is 0 Å². The van der Waals surface area contributed by atoms with E-state index >= 15 is 0 Å². The zero-order chi connectivity index (χ0) is 9.68. The van der Waals surface area contributed by atoms with Gasteiger partial charge in [0.05, 0.1) is 6.54 Å². The molecule has 0 heterocycles. The summed E-state index contributed by atoms with van der Waals surface area (Å²) in [6, 6.07) is 9.38. The third kappa shape index (κ3) is 3.10. The first-order valence-electron chi connectivity index (χ1n) is 3.72. The lowest BCUT2D eigenvalue weighted by Gasteiger charge is -2.05. The van der Waals surface area contributed by atoms with Gasteiger partial charge in [-0.25, -0.2) is 4.99 Å². The molecule has 13 heavy (non-hydrogen) atoms. The molecule has 4 N–H and O–H groups in total. The summed E-state index contributed by atoms with van der Waals surface area (Å²) < 4.78 is 0. The maximum absolute atomic E-state index is 8.43. The predicted molar refractivity (Wildman–Crippen MR) is 47.2 cm³/mol. The minimum atomic E-state index is -0.330. The van der Waals surface area contributed by atoms with E-state index in [1.165, 1.54) is 0 Å². The van der Waals surface area contributed by atoms with E-state index in [0.717, 1.165) is 5.56 Å². The van der Waals surface area contributed by atoms with Crippen LogP contribution in [0, 0.1) is 0 Å². The number of guanidine groups is 1. The van der Waals surface area contributed by atoms with Gasteiger partial charge in [-0.15, -0.1) is 0 Å². The normalized spacial score (nSPS) is 11.4. The highest BCUT2D eigenvalue weighted by Gasteiger charge is 1.97. The van der Waals surface area contributed by atoms with Crippen molar-refractivity contribution >= 4 is 5.96 Å². The Balaban J connectivity index is 2.57. The maximum atomic E-state index is 8.43. The molecule has 0 unspecified atom stereocenters. The number of aliphatic imine (C=N–C) groups is 1. The number of hydrogen-bond acceptors (Lipinski definition) is 3. The van der Waals surface area contributed by atoms with Crippen LogP contribution in [-0.2, 0) is 6.54 Å². The van der Waals surface area contributed by atoms with Gasteiger partial charge in [0.2, 0.25) is 5.96 Å².